The predicted molar refractivity (Wildman–Crippen MR) is 86.6 cm³/mol. The Morgan fingerprint density at radius 3 is 1.96 bits per heavy atom. The van der Waals surface area contributed by atoms with Crippen molar-refractivity contribution in [2.24, 2.45) is 0 Å². The van der Waals surface area contributed by atoms with Crippen molar-refractivity contribution >= 4 is 28.5 Å². The van der Waals surface area contributed by atoms with Gasteiger partial charge in [-0.15, -0.1) is 0 Å². The van der Waals surface area contributed by atoms with Crippen LogP contribution in [-0.4, -0.2) is 21.8 Å². The van der Waals surface area contributed by atoms with E-state index in [2.05, 4.69) is 9.97 Å². The molecule has 5 heteroatoms. The number of benzene rings is 2. The van der Waals surface area contributed by atoms with E-state index < -0.39 is 0 Å². The minimum absolute atomic E-state index is 0.304. The van der Waals surface area contributed by atoms with Crippen LogP contribution in [0, 0.1) is 13.8 Å². The molecule has 3 aromatic rings. The Kier molecular flexibility index (Phi) is 2.78. The third-order valence-corrected chi connectivity index (χ3v) is 4.11. The number of aryl methyl sites for hydroxylation is 2. The fraction of sp³-hybridized carbons (Fsp3) is 0.111. The zero-order valence-corrected chi connectivity index (χ0v) is 12.7. The molecule has 0 aliphatic carbocycles. The molecule has 0 bridgehead atoms. The summed E-state index contributed by atoms with van der Waals surface area (Å²) in [6, 6.07) is 12.1. The van der Waals surface area contributed by atoms with E-state index in [1.165, 1.54) is 4.90 Å². The number of nitrogens with zero attached hydrogens (tertiary/aromatic N) is 3. The van der Waals surface area contributed by atoms with Gasteiger partial charge >= 0.3 is 0 Å². The van der Waals surface area contributed by atoms with E-state index in [9.17, 15) is 9.59 Å². The molecular formula is C18H13N3O2. The Bertz CT molecular complexity index is 960. The summed E-state index contributed by atoms with van der Waals surface area (Å²) < 4.78 is 0. The number of rotatable bonds is 1. The van der Waals surface area contributed by atoms with Gasteiger partial charge in [-0.3, -0.25) is 9.59 Å². The van der Waals surface area contributed by atoms with Crippen LogP contribution in [0.25, 0.3) is 11.0 Å². The molecule has 2 amide bonds. The molecule has 0 spiro atoms. The van der Waals surface area contributed by atoms with Gasteiger partial charge in [0.25, 0.3) is 11.8 Å². The molecule has 1 aliphatic heterocycles. The number of hydrogen-bond acceptors (Lipinski definition) is 4. The van der Waals surface area contributed by atoms with Gasteiger partial charge in [0.2, 0.25) is 0 Å². The highest BCUT2D eigenvalue weighted by Crippen LogP contribution is 2.29. The summed E-state index contributed by atoms with van der Waals surface area (Å²) in [5, 5.41) is 0. The molecule has 0 unspecified atom stereocenters. The molecule has 5 nitrogen and oxygen atoms in total. The lowest BCUT2D eigenvalue weighted by Gasteiger charge is -2.14. The molecule has 0 saturated carbocycles. The molecule has 2 aromatic carbocycles. The Morgan fingerprint density at radius 1 is 0.783 bits per heavy atom. The Morgan fingerprint density at radius 2 is 1.35 bits per heavy atom. The molecule has 0 radical (unpaired) electrons. The second kappa shape index (κ2) is 4.71. The van der Waals surface area contributed by atoms with Crippen LogP contribution in [-0.2, 0) is 0 Å². The lowest BCUT2D eigenvalue weighted by molar-refractivity contribution is 0.0926. The molecule has 1 aliphatic rings. The number of imide groups is 1. The van der Waals surface area contributed by atoms with Gasteiger partial charge in [0.05, 0.1) is 39.2 Å². The van der Waals surface area contributed by atoms with Gasteiger partial charge in [-0.2, -0.15) is 0 Å². The third kappa shape index (κ3) is 1.93. The van der Waals surface area contributed by atoms with Crippen molar-refractivity contribution in [2.45, 2.75) is 13.8 Å². The van der Waals surface area contributed by atoms with Crippen LogP contribution in [0.2, 0.25) is 0 Å². The zero-order chi connectivity index (χ0) is 16.1. The number of aromatic nitrogens is 2. The number of fused-ring (bicyclic) bond motifs is 2. The minimum Gasteiger partial charge on any atom is -0.268 e. The second-order valence-corrected chi connectivity index (χ2v) is 5.56. The molecule has 4 rings (SSSR count). The van der Waals surface area contributed by atoms with Crippen molar-refractivity contribution in [1.82, 2.24) is 9.97 Å². The average molecular weight is 303 g/mol. The fourth-order valence-electron chi connectivity index (χ4n) is 2.78. The molecule has 112 valence electrons. The van der Waals surface area contributed by atoms with Crippen molar-refractivity contribution < 1.29 is 9.59 Å². The lowest BCUT2D eigenvalue weighted by Crippen LogP contribution is -2.29. The van der Waals surface area contributed by atoms with Gasteiger partial charge in [-0.05, 0) is 44.2 Å². The van der Waals surface area contributed by atoms with Crippen molar-refractivity contribution in [3.63, 3.8) is 0 Å². The summed E-state index contributed by atoms with van der Waals surface area (Å²) in [7, 11) is 0. The van der Waals surface area contributed by atoms with Gasteiger partial charge in [0, 0.05) is 0 Å². The molecule has 0 saturated heterocycles. The van der Waals surface area contributed by atoms with Crippen LogP contribution in [0.4, 0.5) is 5.69 Å². The fourth-order valence-corrected chi connectivity index (χ4v) is 2.78. The first-order valence-electron chi connectivity index (χ1n) is 7.29. The Hall–Kier alpha value is -3.08. The van der Waals surface area contributed by atoms with Crippen LogP contribution in [0.5, 0.6) is 0 Å². The van der Waals surface area contributed by atoms with Crippen molar-refractivity contribution in [1.29, 1.82) is 0 Å². The van der Waals surface area contributed by atoms with Gasteiger partial charge in [0.1, 0.15) is 0 Å². The topological polar surface area (TPSA) is 63.2 Å². The normalized spacial score (nSPS) is 13.7. The van der Waals surface area contributed by atoms with Crippen molar-refractivity contribution in [2.75, 3.05) is 4.90 Å². The van der Waals surface area contributed by atoms with E-state index in [0.29, 0.717) is 22.3 Å². The summed E-state index contributed by atoms with van der Waals surface area (Å²) >= 11 is 0. The van der Waals surface area contributed by atoms with Gasteiger partial charge in [0.15, 0.2) is 0 Å². The number of carbonyl (C=O) groups excluding carboxylic acids is 2. The summed E-state index contributed by atoms with van der Waals surface area (Å²) in [6.45, 7) is 3.79. The minimum atomic E-state index is -0.304. The second-order valence-electron chi connectivity index (χ2n) is 5.56. The summed E-state index contributed by atoms with van der Waals surface area (Å²) in [4.78, 5) is 35.2. The SMILES string of the molecule is Cc1nc2ccc(N3C(=O)c4ccccc4C3=O)cc2nc1C. The van der Waals surface area contributed by atoms with Crippen LogP contribution >= 0.6 is 0 Å². The highest BCUT2D eigenvalue weighted by atomic mass is 16.2. The molecule has 23 heavy (non-hydrogen) atoms. The lowest BCUT2D eigenvalue weighted by atomic mass is 10.1. The van der Waals surface area contributed by atoms with E-state index in [4.69, 9.17) is 0 Å². The largest absolute Gasteiger partial charge is 0.268 e. The summed E-state index contributed by atoms with van der Waals surface area (Å²) in [5.41, 5.74) is 4.49. The van der Waals surface area contributed by atoms with E-state index in [0.717, 1.165) is 16.9 Å². The van der Waals surface area contributed by atoms with E-state index in [-0.39, 0.29) is 11.8 Å². The number of amides is 2. The van der Waals surface area contributed by atoms with E-state index >= 15 is 0 Å². The maximum atomic E-state index is 12.5. The number of hydrogen-bond donors (Lipinski definition) is 0. The quantitative estimate of drug-likeness (QED) is 0.648. The Labute approximate surface area is 132 Å². The highest BCUT2D eigenvalue weighted by Gasteiger charge is 2.36. The van der Waals surface area contributed by atoms with Gasteiger partial charge in [-0.25, -0.2) is 14.9 Å². The first kappa shape index (κ1) is 13.6. The molecule has 1 aromatic heterocycles. The molecular weight excluding hydrogens is 290 g/mol. The van der Waals surface area contributed by atoms with Crippen LogP contribution in [0.15, 0.2) is 42.5 Å². The standard InChI is InChI=1S/C18H13N3O2/c1-10-11(2)20-16-9-12(7-8-15(16)19-10)21-17(22)13-5-3-4-6-14(13)18(21)23/h3-9H,1-2H3. The first-order chi connectivity index (χ1) is 11.1. The van der Waals surface area contributed by atoms with Crippen LogP contribution in [0.3, 0.4) is 0 Å². The van der Waals surface area contributed by atoms with Crippen molar-refractivity contribution in [3.05, 3.63) is 65.0 Å². The van der Waals surface area contributed by atoms with Crippen molar-refractivity contribution in [3.8, 4) is 0 Å². The summed E-state index contributed by atoms with van der Waals surface area (Å²) in [5.74, 6) is -0.608. The van der Waals surface area contributed by atoms with Gasteiger partial charge < -0.3 is 0 Å². The van der Waals surface area contributed by atoms with E-state index in [1.54, 1.807) is 42.5 Å². The molecule has 0 atom stereocenters. The zero-order valence-electron chi connectivity index (χ0n) is 12.7. The van der Waals surface area contributed by atoms with Crippen LogP contribution < -0.4 is 4.90 Å². The maximum absolute atomic E-state index is 12.5. The molecule has 0 fully saturated rings. The first-order valence-corrected chi connectivity index (χ1v) is 7.29. The smallest absolute Gasteiger partial charge is 0.266 e. The monoisotopic (exact) mass is 303 g/mol. The highest BCUT2D eigenvalue weighted by molar-refractivity contribution is 6.34. The van der Waals surface area contributed by atoms with Gasteiger partial charge in [-0.1, -0.05) is 12.1 Å². The number of anilines is 1. The third-order valence-electron chi connectivity index (χ3n) is 4.11. The van der Waals surface area contributed by atoms with Crippen LogP contribution in [0.1, 0.15) is 32.1 Å². The summed E-state index contributed by atoms with van der Waals surface area (Å²) in [6.07, 6.45) is 0. The molecule has 0 N–H and O–H groups in total. The maximum Gasteiger partial charge on any atom is 0.266 e. The predicted octanol–water partition coefficient (Wildman–Crippen LogP) is 3.05. The van der Waals surface area contributed by atoms with E-state index in [1.807, 2.05) is 13.8 Å². The average Bonchev–Trinajstić information content (AvgIpc) is 2.80. The number of carbonyl (C=O) groups is 2. The Balaban J connectivity index is 1.86. The molecule has 2 heterocycles.